The molecule has 28 heavy (non-hydrogen) atoms. The van der Waals surface area contributed by atoms with E-state index in [2.05, 4.69) is 6.92 Å². The normalized spacial score (nSPS) is 28.3. The van der Waals surface area contributed by atoms with Crippen LogP contribution in [0.2, 0.25) is 10.0 Å². The number of fused-ring (bicyclic) bond motifs is 5. The maximum Gasteiger partial charge on any atom is 0.173 e. The third kappa shape index (κ3) is 2.57. The van der Waals surface area contributed by atoms with Crippen LogP contribution in [0.25, 0.3) is 16.7 Å². The number of benzene rings is 2. The van der Waals surface area contributed by atoms with Gasteiger partial charge in [-0.3, -0.25) is 4.79 Å². The molecule has 5 heteroatoms. The molecule has 0 amide bonds. The Morgan fingerprint density at radius 2 is 1.79 bits per heavy atom. The number of aryl methyl sites for hydroxylation is 1. The standard InChI is InChI=1S/C23H20Cl2O3/c1-2-11-3-4-12(14-6-5-13(24)10-16(14)25)9-15(11)19-22(26)20-17-7-8-18(28-17)21(20)23(19)27/h3-6,9-10,17-18,20-21,26H,2,7-8H2,1H3. The maximum atomic E-state index is 13.3. The summed E-state index contributed by atoms with van der Waals surface area (Å²) in [5.74, 6) is -0.199. The molecule has 0 aromatic heterocycles. The molecule has 0 saturated carbocycles. The topological polar surface area (TPSA) is 46.5 Å². The molecule has 1 N–H and O–H groups in total. The Labute approximate surface area is 173 Å². The summed E-state index contributed by atoms with van der Waals surface area (Å²) < 4.78 is 5.90. The number of halogens is 2. The third-order valence-corrected chi connectivity index (χ3v) is 6.94. The Kier molecular flexibility index (Phi) is 4.31. The predicted molar refractivity (Wildman–Crippen MR) is 111 cm³/mol. The number of carbonyl (C=O) groups excluding carboxylic acids is 1. The number of ether oxygens (including phenoxy) is 1. The highest BCUT2D eigenvalue weighted by Crippen LogP contribution is 2.54. The number of allylic oxidation sites excluding steroid dienone is 1. The zero-order valence-corrected chi connectivity index (χ0v) is 16.9. The molecule has 2 saturated heterocycles. The second-order valence-electron chi connectivity index (χ2n) is 7.82. The van der Waals surface area contributed by atoms with E-state index in [9.17, 15) is 9.90 Å². The molecule has 5 rings (SSSR count). The monoisotopic (exact) mass is 414 g/mol. The molecule has 2 heterocycles. The molecule has 3 aliphatic rings. The molecule has 0 spiro atoms. The number of aliphatic hydroxyl groups is 1. The van der Waals surface area contributed by atoms with E-state index < -0.39 is 0 Å². The molecule has 0 radical (unpaired) electrons. The Morgan fingerprint density at radius 1 is 1.04 bits per heavy atom. The second-order valence-corrected chi connectivity index (χ2v) is 8.66. The van der Waals surface area contributed by atoms with E-state index in [1.165, 1.54) is 0 Å². The van der Waals surface area contributed by atoms with Gasteiger partial charge in [0.1, 0.15) is 5.76 Å². The molecule has 2 bridgehead atoms. The molecule has 2 aromatic carbocycles. The fraction of sp³-hybridized carbons (Fsp3) is 0.348. The number of Topliss-reactive ketones (excluding diaryl/α,β-unsaturated/α-hetero) is 1. The highest BCUT2D eigenvalue weighted by molar-refractivity contribution is 6.36. The highest BCUT2D eigenvalue weighted by Gasteiger charge is 2.59. The molecular formula is C23H20Cl2O3. The predicted octanol–water partition coefficient (Wildman–Crippen LogP) is 5.87. The number of hydrogen-bond acceptors (Lipinski definition) is 3. The molecule has 4 unspecified atom stereocenters. The molecular weight excluding hydrogens is 395 g/mol. The van der Waals surface area contributed by atoms with E-state index in [1.54, 1.807) is 12.1 Å². The molecule has 2 aromatic rings. The van der Waals surface area contributed by atoms with E-state index in [1.807, 2.05) is 24.3 Å². The lowest BCUT2D eigenvalue weighted by Crippen LogP contribution is -2.29. The Morgan fingerprint density at radius 3 is 2.46 bits per heavy atom. The van der Waals surface area contributed by atoms with Gasteiger partial charge in [-0.2, -0.15) is 0 Å². The van der Waals surface area contributed by atoms with Crippen molar-refractivity contribution in [1.29, 1.82) is 0 Å². The fourth-order valence-electron chi connectivity index (χ4n) is 5.10. The van der Waals surface area contributed by atoms with Gasteiger partial charge in [0.25, 0.3) is 0 Å². The van der Waals surface area contributed by atoms with Crippen molar-refractivity contribution in [2.45, 2.75) is 38.4 Å². The lowest BCUT2D eigenvalue weighted by Gasteiger charge is -2.19. The summed E-state index contributed by atoms with van der Waals surface area (Å²) in [5.41, 5.74) is 4.07. The van der Waals surface area contributed by atoms with Crippen LogP contribution in [0.15, 0.2) is 42.2 Å². The summed E-state index contributed by atoms with van der Waals surface area (Å²) in [6, 6.07) is 11.4. The summed E-state index contributed by atoms with van der Waals surface area (Å²) in [6.45, 7) is 2.05. The van der Waals surface area contributed by atoms with Crippen molar-refractivity contribution < 1.29 is 14.6 Å². The van der Waals surface area contributed by atoms with Crippen LogP contribution in [0, 0.1) is 11.8 Å². The van der Waals surface area contributed by atoms with Gasteiger partial charge in [-0.05, 0) is 54.2 Å². The van der Waals surface area contributed by atoms with Gasteiger partial charge in [0.05, 0.1) is 29.6 Å². The van der Waals surface area contributed by atoms with E-state index in [-0.39, 0.29) is 35.6 Å². The van der Waals surface area contributed by atoms with Crippen LogP contribution >= 0.6 is 23.2 Å². The van der Waals surface area contributed by atoms with E-state index in [0.29, 0.717) is 15.6 Å². The fourth-order valence-corrected chi connectivity index (χ4v) is 5.61. The van der Waals surface area contributed by atoms with Gasteiger partial charge >= 0.3 is 0 Å². The third-order valence-electron chi connectivity index (χ3n) is 6.40. The first-order valence-electron chi connectivity index (χ1n) is 9.71. The molecule has 4 atom stereocenters. The van der Waals surface area contributed by atoms with Crippen LogP contribution in [0.1, 0.15) is 30.9 Å². The minimum Gasteiger partial charge on any atom is -0.511 e. The average Bonchev–Trinajstić information content (AvgIpc) is 3.35. The van der Waals surface area contributed by atoms with Crippen LogP contribution in [-0.2, 0) is 16.0 Å². The van der Waals surface area contributed by atoms with Crippen molar-refractivity contribution >= 4 is 34.6 Å². The first-order valence-corrected chi connectivity index (χ1v) is 10.5. The van der Waals surface area contributed by atoms with E-state index >= 15 is 0 Å². The summed E-state index contributed by atoms with van der Waals surface area (Å²) in [5, 5.41) is 12.1. The van der Waals surface area contributed by atoms with Crippen LogP contribution < -0.4 is 0 Å². The average molecular weight is 415 g/mol. The number of hydrogen-bond donors (Lipinski definition) is 1. The summed E-state index contributed by atoms with van der Waals surface area (Å²) >= 11 is 12.4. The molecule has 1 aliphatic carbocycles. The minimum atomic E-state index is -0.235. The van der Waals surface area contributed by atoms with Gasteiger partial charge < -0.3 is 9.84 Å². The van der Waals surface area contributed by atoms with Gasteiger partial charge in [-0.15, -0.1) is 0 Å². The van der Waals surface area contributed by atoms with Crippen LogP contribution in [0.5, 0.6) is 0 Å². The number of ketones is 1. The van der Waals surface area contributed by atoms with Crippen LogP contribution in [0.4, 0.5) is 0 Å². The summed E-state index contributed by atoms with van der Waals surface area (Å²) in [7, 11) is 0. The van der Waals surface area contributed by atoms with E-state index in [4.69, 9.17) is 27.9 Å². The van der Waals surface area contributed by atoms with E-state index in [0.717, 1.165) is 41.5 Å². The second kappa shape index (κ2) is 6.62. The first-order chi connectivity index (χ1) is 13.5. The van der Waals surface area contributed by atoms with Crippen molar-refractivity contribution in [3.8, 4) is 11.1 Å². The lowest BCUT2D eigenvalue weighted by atomic mass is 9.80. The quantitative estimate of drug-likeness (QED) is 0.682. The first kappa shape index (κ1) is 18.2. The number of carbonyl (C=O) groups is 1. The molecule has 3 nitrogen and oxygen atoms in total. The lowest BCUT2D eigenvalue weighted by molar-refractivity contribution is -0.118. The largest absolute Gasteiger partial charge is 0.511 e. The van der Waals surface area contributed by atoms with Crippen molar-refractivity contribution in [2.75, 3.05) is 0 Å². The Bertz CT molecular complexity index is 1030. The SMILES string of the molecule is CCc1ccc(-c2ccc(Cl)cc2Cl)cc1C1=C(O)C2C3CCC(O3)C2C1=O. The van der Waals surface area contributed by atoms with Crippen molar-refractivity contribution in [2.24, 2.45) is 11.8 Å². The summed E-state index contributed by atoms with van der Waals surface area (Å²) in [4.78, 5) is 13.3. The molecule has 2 aliphatic heterocycles. The van der Waals surface area contributed by atoms with Crippen molar-refractivity contribution in [1.82, 2.24) is 0 Å². The van der Waals surface area contributed by atoms with Crippen molar-refractivity contribution in [3.63, 3.8) is 0 Å². The van der Waals surface area contributed by atoms with Crippen LogP contribution in [0.3, 0.4) is 0 Å². The Balaban J connectivity index is 1.64. The van der Waals surface area contributed by atoms with Gasteiger partial charge in [-0.25, -0.2) is 0 Å². The number of rotatable bonds is 3. The zero-order valence-electron chi connectivity index (χ0n) is 15.4. The van der Waals surface area contributed by atoms with Gasteiger partial charge in [0.2, 0.25) is 0 Å². The maximum absolute atomic E-state index is 13.3. The van der Waals surface area contributed by atoms with Crippen molar-refractivity contribution in [3.05, 3.63) is 63.3 Å². The summed E-state index contributed by atoms with van der Waals surface area (Å²) in [6.07, 6.45) is 2.50. The molecule has 144 valence electrons. The zero-order chi connectivity index (χ0) is 19.6. The highest BCUT2D eigenvalue weighted by atomic mass is 35.5. The number of aliphatic hydroxyl groups excluding tert-OH is 1. The Hall–Kier alpha value is -1.81. The van der Waals surface area contributed by atoms with Crippen LogP contribution in [-0.4, -0.2) is 23.1 Å². The van der Waals surface area contributed by atoms with Gasteiger partial charge in [0.15, 0.2) is 5.78 Å². The smallest absolute Gasteiger partial charge is 0.173 e. The van der Waals surface area contributed by atoms with Gasteiger partial charge in [0, 0.05) is 15.6 Å². The van der Waals surface area contributed by atoms with Gasteiger partial charge in [-0.1, -0.05) is 48.3 Å². The molecule has 2 fully saturated rings. The minimum absolute atomic E-state index is 0.0174.